The molecule has 1 aromatic carbocycles. The molecule has 0 bridgehead atoms. The van der Waals surface area contributed by atoms with Gasteiger partial charge in [-0.2, -0.15) is 0 Å². The Morgan fingerprint density at radius 1 is 1.00 bits per heavy atom. The monoisotopic (exact) mass is 319 g/mol. The number of nitrogens with zero attached hydrogens (tertiary/aromatic N) is 3. The summed E-state index contributed by atoms with van der Waals surface area (Å²) in [5.74, 6) is 0.0460. The van der Waals surface area contributed by atoms with Crippen LogP contribution in [0.25, 0.3) is 22.0 Å². The number of benzene rings is 1. The molecular formula is C19H17N3O2. The van der Waals surface area contributed by atoms with E-state index in [-0.39, 0.29) is 5.91 Å². The molecule has 0 N–H and O–H groups in total. The van der Waals surface area contributed by atoms with Gasteiger partial charge in [-0.25, -0.2) is 0 Å². The molecule has 1 aliphatic heterocycles. The second kappa shape index (κ2) is 6.37. The summed E-state index contributed by atoms with van der Waals surface area (Å²) in [5.41, 5.74) is 3.68. The highest BCUT2D eigenvalue weighted by molar-refractivity contribution is 6.02. The van der Waals surface area contributed by atoms with E-state index in [9.17, 15) is 4.79 Å². The average Bonchev–Trinajstić information content (AvgIpc) is 2.68. The van der Waals surface area contributed by atoms with Gasteiger partial charge in [0.2, 0.25) is 0 Å². The maximum atomic E-state index is 12.7. The molecule has 0 spiro atoms. The number of carbonyl (C=O) groups is 1. The fraction of sp³-hybridized carbons (Fsp3) is 0.211. The van der Waals surface area contributed by atoms with Gasteiger partial charge < -0.3 is 9.64 Å². The third-order valence-electron chi connectivity index (χ3n) is 4.28. The molecule has 4 rings (SSSR count). The molecule has 5 heteroatoms. The van der Waals surface area contributed by atoms with Crippen LogP contribution in [0.2, 0.25) is 0 Å². The Labute approximate surface area is 139 Å². The van der Waals surface area contributed by atoms with Gasteiger partial charge >= 0.3 is 0 Å². The van der Waals surface area contributed by atoms with Crippen molar-refractivity contribution < 1.29 is 9.53 Å². The lowest BCUT2D eigenvalue weighted by molar-refractivity contribution is 0.0303. The van der Waals surface area contributed by atoms with Crippen molar-refractivity contribution in [3.05, 3.63) is 60.6 Å². The van der Waals surface area contributed by atoms with Crippen molar-refractivity contribution in [3.63, 3.8) is 0 Å². The fourth-order valence-corrected chi connectivity index (χ4v) is 3.01. The van der Waals surface area contributed by atoms with E-state index in [1.165, 1.54) is 0 Å². The van der Waals surface area contributed by atoms with Crippen molar-refractivity contribution in [3.8, 4) is 11.1 Å². The Balaban J connectivity index is 1.78. The van der Waals surface area contributed by atoms with Crippen LogP contribution in [0, 0.1) is 0 Å². The molecule has 3 heterocycles. The number of pyridine rings is 2. The molecule has 0 unspecified atom stereocenters. The number of hydrogen-bond donors (Lipinski definition) is 0. The summed E-state index contributed by atoms with van der Waals surface area (Å²) in [7, 11) is 0. The summed E-state index contributed by atoms with van der Waals surface area (Å²) in [5, 5.41) is 0.975. The molecule has 1 saturated heterocycles. The lowest BCUT2D eigenvalue weighted by Crippen LogP contribution is -2.40. The normalized spacial score (nSPS) is 14.8. The van der Waals surface area contributed by atoms with Gasteiger partial charge in [0.05, 0.1) is 18.7 Å². The molecule has 2 aromatic heterocycles. The molecule has 1 aliphatic rings. The van der Waals surface area contributed by atoms with Crippen LogP contribution in [0.15, 0.2) is 55.0 Å². The zero-order chi connectivity index (χ0) is 16.4. The molecule has 0 radical (unpaired) electrons. The number of fused-ring (bicyclic) bond motifs is 1. The van der Waals surface area contributed by atoms with E-state index in [0.29, 0.717) is 31.9 Å². The minimum atomic E-state index is 0.0460. The van der Waals surface area contributed by atoms with Crippen molar-refractivity contribution in [1.82, 2.24) is 14.9 Å². The Kier molecular flexibility index (Phi) is 3.92. The second-order valence-electron chi connectivity index (χ2n) is 5.73. The highest BCUT2D eigenvalue weighted by Crippen LogP contribution is 2.28. The van der Waals surface area contributed by atoms with Crippen molar-refractivity contribution in [2.75, 3.05) is 26.3 Å². The van der Waals surface area contributed by atoms with Gasteiger partial charge in [-0.05, 0) is 47.5 Å². The number of aromatic nitrogens is 2. The van der Waals surface area contributed by atoms with Crippen LogP contribution in [-0.4, -0.2) is 47.1 Å². The number of rotatable bonds is 2. The third kappa shape index (κ3) is 2.74. The smallest absolute Gasteiger partial charge is 0.254 e. The zero-order valence-corrected chi connectivity index (χ0v) is 13.2. The highest BCUT2D eigenvalue weighted by Gasteiger charge is 2.19. The summed E-state index contributed by atoms with van der Waals surface area (Å²) in [6.07, 6.45) is 5.33. The third-order valence-corrected chi connectivity index (χ3v) is 4.28. The van der Waals surface area contributed by atoms with Crippen LogP contribution in [0.3, 0.4) is 0 Å². The van der Waals surface area contributed by atoms with E-state index in [1.807, 2.05) is 41.3 Å². The van der Waals surface area contributed by atoms with Crippen LogP contribution in [-0.2, 0) is 4.74 Å². The number of ether oxygens (including phenoxy) is 1. The minimum absolute atomic E-state index is 0.0460. The van der Waals surface area contributed by atoms with Gasteiger partial charge in [-0.3, -0.25) is 14.8 Å². The van der Waals surface area contributed by atoms with Crippen molar-refractivity contribution in [2.24, 2.45) is 0 Å². The highest BCUT2D eigenvalue weighted by atomic mass is 16.5. The standard InChI is InChI=1S/C19H17N3O2/c23-19(22-9-11-24-12-10-22)15-1-2-18-17(13-15)16(5-8-21-18)14-3-6-20-7-4-14/h1-8,13H,9-12H2. The topological polar surface area (TPSA) is 55.3 Å². The molecular weight excluding hydrogens is 302 g/mol. The van der Waals surface area contributed by atoms with E-state index in [2.05, 4.69) is 9.97 Å². The Morgan fingerprint density at radius 3 is 2.58 bits per heavy atom. The SMILES string of the molecule is O=C(c1ccc2nccc(-c3ccncc3)c2c1)N1CCOCC1. The molecule has 0 atom stereocenters. The van der Waals surface area contributed by atoms with Crippen molar-refractivity contribution in [1.29, 1.82) is 0 Å². The van der Waals surface area contributed by atoms with Crippen LogP contribution in [0.4, 0.5) is 0 Å². The van der Waals surface area contributed by atoms with Crippen LogP contribution >= 0.6 is 0 Å². The summed E-state index contributed by atoms with van der Waals surface area (Å²) >= 11 is 0. The first kappa shape index (κ1) is 14.8. The zero-order valence-electron chi connectivity index (χ0n) is 13.2. The first-order valence-electron chi connectivity index (χ1n) is 7.99. The van der Waals surface area contributed by atoms with Gasteiger partial charge in [-0.15, -0.1) is 0 Å². The van der Waals surface area contributed by atoms with Crippen molar-refractivity contribution in [2.45, 2.75) is 0 Å². The Hall–Kier alpha value is -2.79. The Morgan fingerprint density at radius 2 is 1.79 bits per heavy atom. The van der Waals surface area contributed by atoms with E-state index in [1.54, 1.807) is 18.6 Å². The van der Waals surface area contributed by atoms with Gasteiger partial charge in [0, 0.05) is 42.6 Å². The largest absolute Gasteiger partial charge is 0.378 e. The summed E-state index contributed by atoms with van der Waals surface area (Å²) in [6.45, 7) is 2.48. The van der Waals surface area contributed by atoms with E-state index in [0.717, 1.165) is 22.0 Å². The van der Waals surface area contributed by atoms with Crippen LogP contribution in [0.1, 0.15) is 10.4 Å². The predicted octanol–water partition coefficient (Wildman–Crippen LogP) is 2.77. The number of hydrogen-bond acceptors (Lipinski definition) is 4. The first-order chi connectivity index (χ1) is 11.8. The number of morpholine rings is 1. The van der Waals surface area contributed by atoms with E-state index < -0.39 is 0 Å². The van der Waals surface area contributed by atoms with Gasteiger partial charge in [0.15, 0.2) is 0 Å². The predicted molar refractivity (Wildman–Crippen MR) is 91.7 cm³/mol. The molecule has 24 heavy (non-hydrogen) atoms. The summed E-state index contributed by atoms with van der Waals surface area (Å²) in [6, 6.07) is 11.6. The molecule has 5 nitrogen and oxygen atoms in total. The first-order valence-corrected chi connectivity index (χ1v) is 7.99. The molecule has 1 fully saturated rings. The van der Waals surface area contributed by atoms with Gasteiger partial charge in [-0.1, -0.05) is 0 Å². The van der Waals surface area contributed by atoms with Crippen LogP contribution in [0.5, 0.6) is 0 Å². The van der Waals surface area contributed by atoms with E-state index in [4.69, 9.17) is 4.74 Å². The maximum absolute atomic E-state index is 12.7. The molecule has 120 valence electrons. The average molecular weight is 319 g/mol. The van der Waals surface area contributed by atoms with Gasteiger partial charge in [0.1, 0.15) is 0 Å². The number of carbonyl (C=O) groups excluding carboxylic acids is 1. The Bertz CT molecular complexity index is 874. The van der Waals surface area contributed by atoms with Crippen LogP contribution < -0.4 is 0 Å². The molecule has 1 amide bonds. The van der Waals surface area contributed by atoms with Crippen molar-refractivity contribution >= 4 is 16.8 Å². The molecule has 3 aromatic rings. The minimum Gasteiger partial charge on any atom is -0.378 e. The lowest BCUT2D eigenvalue weighted by Gasteiger charge is -2.27. The van der Waals surface area contributed by atoms with Gasteiger partial charge in [0.25, 0.3) is 5.91 Å². The fourth-order valence-electron chi connectivity index (χ4n) is 3.01. The molecule has 0 saturated carbocycles. The molecule has 0 aliphatic carbocycles. The lowest BCUT2D eigenvalue weighted by atomic mass is 10.0. The van der Waals surface area contributed by atoms with E-state index >= 15 is 0 Å². The summed E-state index contributed by atoms with van der Waals surface area (Å²) in [4.78, 5) is 23.1. The number of amides is 1. The quantitative estimate of drug-likeness (QED) is 0.729. The second-order valence-corrected chi connectivity index (χ2v) is 5.73. The summed E-state index contributed by atoms with van der Waals surface area (Å²) < 4.78 is 5.32. The maximum Gasteiger partial charge on any atom is 0.254 e.